The van der Waals surface area contributed by atoms with Gasteiger partial charge in [0.2, 0.25) is 5.91 Å². The number of nitrogens with zero attached hydrogens (tertiary/aromatic N) is 1. The highest BCUT2D eigenvalue weighted by molar-refractivity contribution is 7.07. The van der Waals surface area contributed by atoms with E-state index in [1.54, 1.807) is 47.7 Å². The van der Waals surface area contributed by atoms with Crippen LogP contribution in [0.1, 0.15) is 22.8 Å². The Labute approximate surface area is 180 Å². The van der Waals surface area contributed by atoms with E-state index in [-0.39, 0.29) is 18.4 Å². The van der Waals surface area contributed by atoms with Gasteiger partial charge in [-0.1, -0.05) is 0 Å². The quantitative estimate of drug-likeness (QED) is 0.533. The van der Waals surface area contributed by atoms with Crippen LogP contribution in [0.25, 0.3) is 0 Å². The van der Waals surface area contributed by atoms with E-state index in [0.29, 0.717) is 23.5 Å². The second-order valence-electron chi connectivity index (χ2n) is 6.84. The number of benzene rings is 2. The summed E-state index contributed by atoms with van der Waals surface area (Å²) in [5.74, 6) is 0.448. The highest BCUT2D eigenvalue weighted by atomic mass is 32.1. The molecule has 0 aliphatic heterocycles. The minimum atomic E-state index is -0.215. The van der Waals surface area contributed by atoms with Crippen LogP contribution in [-0.4, -0.2) is 36.9 Å². The summed E-state index contributed by atoms with van der Waals surface area (Å²) in [7, 11) is 1.91. The molecule has 0 spiro atoms. The minimum absolute atomic E-state index is 0.0979. The average molecular weight is 424 g/mol. The second-order valence-corrected chi connectivity index (χ2v) is 7.62. The minimum Gasteiger partial charge on any atom is -0.494 e. The number of ether oxygens (including phenoxy) is 1. The zero-order chi connectivity index (χ0) is 21.3. The largest absolute Gasteiger partial charge is 0.494 e. The molecule has 2 amide bonds. The highest BCUT2D eigenvalue weighted by Crippen LogP contribution is 2.17. The smallest absolute Gasteiger partial charge is 0.255 e. The number of rotatable bonds is 9. The molecular formula is C23H25N3O3S. The van der Waals surface area contributed by atoms with Crippen LogP contribution in [0.5, 0.6) is 5.75 Å². The molecule has 0 bridgehead atoms. The Morgan fingerprint density at radius 3 is 2.27 bits per heavy atom. The van der Waals surface area contributed by atoms with Crippen LogP contribution in [0, 0.1) is 0 Å². The van der Waals surface area contributed by atoms with E-state index in [0.717, 1.165) is 12.3 Å². The number of thiophene rings is 1. The zero-order valence-electron chi connectivity index (χ0n) is 17.1. The molecule has 0 fully saturated rings. The first-order valence-electron chi connectivity index (χ1n) is 9.67. The van der Waals surface area contributed by atoms with Crippen LogP contribution < -0.4 is 15.4 Å². The summed E-state index contributed by atoms with van der Waals surface area (Å²) in [5, 5.41) is 9.81. The molecule has 3 aromatic rings. The monoisotopic (exact) mass is 423 g/mol. The maximum atomic E-state index is 12.4. The van der Waals surface area contributed by atoms with E-state index >= 15 is 0 Å². The standard InChI is InChI=1S/C23H25N3O3S/c1-3-29-21-10-8-20(9-11-21)25-23(28)18-4-6-19(7-5-18)24-22(27)15-26(2)14-17-12-13-30-16-17/h4-13,16H,3,14-15H2,1-2H3,(H,24,27)(H,25,28). The van der Waals surface area contributed by atoms with E-state index in [2.05, 4.69) is 22.1 Å². The van der Waals surface area contributed by atoms with Crippen LogP contribution in [0.15, 0.2) is 65.4 Å². The first-order valence-corrected chi connectivity index (χ1v) is 10.6. The molecule has 6 nitrogen and oxygen atoms in total. The summed E-state index contributed by atoms with van der Waals surface area (Å²) < 4.78 is 5.40. The van der Waals surface area contributed by atoms with Crippen molar-refractivity contribution in [3.05, 3.63) is 76.5 Å². The van der Waals surface area contributed by atoms with E-state index < -0.39 is 0 Å². The summed E-state index contributed by atoms with van der Waals surface area (Å²) in [5.41, 5.74) is 3.05. The molecule has 30 heavy (non-hydrogen) atoms. The first-order chi connectivity index (χ1) is 14.5. The van der Waals surface area contributed by atoms with Crippen molar-refractivity contribution in [2.24, 2.45) is 0 Å². The molecule has 1 aromatic heterocycles. The van der Waals surface area contributed by atoms with Gasteiger partial charge < -0.3 is 15.4 Å². The number of amides is 2. The lowest BCUT2D eigenvalue weighted by atomic mass is 10.2. The SMILES string of the molecule is CCOc1ccc(NC(=O)c2ccc(NC(=O)CN(C)Cc3ccsc3)cc2)cc1. The van der Waals surface area contributed by atoms with Gasteiger partial charge >= 0.3 is 0 Å². The topological polar surface area (TPSA) is 70.7 Å². The number of anilines is 2. The normalized spacial score (nSPS) is 10.6. The third-order valence-corrected chi connectivity index (χ3v) is 5.03. The Morgan fingerprint density at radius 2 is 1.63 bits per heavy atom. The van der Waals surface area contributed by atoms with Crippen molar-refractivity contribution in [1.29, 1.82) is 0 Å². The first kappa shape index (κ1) is 21.5. The van der Waals surface area contributed by atoms with E-state index in [1.165, 1.54) is 5.56 Å². The van der Waals surface area contributed by atoms with Gasteiger partial charge in [0, 0.05) is 23.5 Å². The van der Waals surface area contributed by atoms with Gasteiger partial charge in [-0.3, -0.25) is 14.5 Å². The van der Waals surface area contributed by atoms with Gasteiger partial charge in [0.05, 0.1) is 13.2 Å². The molecule has 0 aliphatic rings. The van der Waals surface area contributed by atoms with Gasteiger partial charge in [0.15, 0.2) is 0 Å². The fourth-order valence-corrected chi connectivity index (χ4v) is 3.57. The Balaban J connectivity index is 1.49. The molecular weight excluding hydrogens is 398 g/mol. The van der Waals surface area contributed by atoms with E-state index in [1.807, 2.05) is 36.4 Å². The summed E-state index contributed by atoms with van der Waals surface area (Å²) in [6, 6.07) is 16.1. The van der Waals surface area contributed by atoms with Gasteiger partial charge in [-0.2, -0.15) is 11.3 Å². The zero-order valence-corrected chi connectivity index (χ0v) is 17.9. The molecule has 0 unspecified atom stereocenters. The van der Waals surface area contributed by atoms with Gasteiger partial charge in [-0.05, 0) is 84.9 Å². The van der Waals surface area contributed by atoms with Crippen LogP contribution >= 0.6 is 11.3 Å². The maximum Gasteiger partial charge on any atom is 0.255 e. The number of likely N-dealkylation sites (N-methyl/N-ethyl adjacent to an activating group) is 1. The van der Waals surface area contributed by atoms with Crippen molar-refractivity contribution < 1.29 is 14.3 Å². The van der Waals surface area contributed by atoms with Crippen molar-refractivity contribution in [3.8, 4) is 5.75 Å². The lowest BCUT2D eigenvalue weighted by Crippen LogP contribution is -2.29. The maximum absolute atomic E-state index is 12.4. The Morgan fingerprint density at radius 1 is 0.967 bits per heavy atom. The molecule has 0 atom stereocenters. The van der Waals surface area contributed by atoms with E-state index in [4.69, 9.17) is 4.74 Å². The number of hydrogen-bond donors (Lipinski definition) is 2. The van der Waals surface area contributed by atoms with Crippen molar-refractivity contribution >= 4 is 34.5 Å². The molecule has 0 aliphatic carbocycles. The van der Waals surface area contributed by atoms with Crippen LogP contribution in [0.3, 0.4) is 0 Å². The van der Waals surface area contributed by atoms with Gasteiger partial charge in [0.25, 0.3) is 5.91 Å². The Kier molecular flexibility index (Phi) is 7.59. The summed E-state index contributed by atoms with van der Waals surface area (Å²) in [6.07, 6.45) is 0. The van der Waals surface area contributed by atoms with Crippen molar-refractivity contribution in [2.75, 3.05) is 30.8 Å². The van der Waals surface area contributed by atoms with Crippen LogP contribution in [0.2, 0.25) is 0 Å². The summed E-state index contributed by atoms with van der Waals surface area (Å²) in [4.78, 5) is 26.6. The molecule has 1 heterocycles. The molecule has 2 N–H and O–H groups in total. The van der Waals surface area contributed by atoms with Gasteiger partial charge in [-0.15, -0.1) is 0 Å². The molecule has 7 heteroatoms. The second kappa shape index (κ2) is 10.6. The molecule has 2 aromatic carbocycles. The van der Waals surface area contributed by atoms with Crippen molar-refractivity contribution in [2.45, 2.75) is 13.5 Å². The van der Waals surface area contributed by atoms with Crippen molar-refractivity contribution in [1.82, 2.24) is 4.90 Å². The lowest BCUT2D eigenvalue weighted by Gasteiger charge is -2.15. The molecule has 0 saturated heterocycles. The summed E-state index contributed by atoms with van der Waals surface area (Å²) >= 11 is 1.64. The third kappa shape index (κ3) is 6.43. The Bertz CT molecular complexity index is 954. The predicted octanol–water partition coefficient (Wildman–Crippen LogP) is 4.47. The Hall–Kier alpha value is -3.16. The lowest BCUT2D eigenvalue weighted by molar-refractivity contribution is -0.117. The van der Waals surface area contributed by atoms with E-state index in [9.17, 15) is 9.59 Å². The third-order valence-electron chi connectivity index (χ3n) is 4.30. The van der Waals surface area contributed by atoms with Crippen LogP contribution in [-0.2, 0) is 11.3 Å². The van der Waals surface area contributed by atoms with Crippen molar-refractivity contribution in [3.63, 3.8) is 0 Å². The predicted molar refractivity (Wildman–Crippen MR) is 121 cm³/mol. The number of carbonyl (C=O) groups is 2. The average Bonchev–Trinajstić information content (AvgIpc) is 3.23. The van der Waals surface area contributed by atoms with Gasteiger partial charge in [0.1, 0.15) is 5.75 Å². The molecule has 156 valence electrons. The number of carbonyl (C=O) groups excluding carboxylic acids is 2. The fraction of sp³-hybridized carbons (Fsp3) is 0.217. The number of nitrogens with one attached hydrogen (secondary N) is 2. The van der Waals surface area contributed by atoms with Crippen LogP contribution in [0.4, 0.5) is 11.4 Å². The van der Waals surface area contributed by atoms with Gasteiger partial charge in [-0.25, -0.2) is 0 Å². The summed E-state index contributed by atoms with van der Waals surface area (Å²) in [6.45, 7) is 3.53. The highest BCUT2D eigenvalue weighted by Gasteiger charge is 2.10. The molecule has 0 saturated carbocycles. The molecule has 3 rings (SSSR count). The molecule has 0 radical (unpaired) electrons. The number of hydrogen-bond acceptors (Lipinski definition) is 5. The fourth-order valence-electron chi connectivity index (χ4n) is 2.91.